The first-order valence-electron chi connectivity index (χ1n) is 13.4. The van der Waals surface area contributed by atoms with Crippen molar-refractivity contribution in [2.24, 2.45) is 0 Å². The maximum atomic E-state index is 14.3. The van der Waals surface area contributed by atoms with Gasteiger partial charge in [-0.3, -0.25) is 4.79 Å². The third-order valence-corrected chi connectivity index (χ3v) is 9.56. The number of alkyl halides is 3. The number of anilines is 2. The van der Waals surface area contributed by atoms with Crippen LogP contribution in [0.4, 0.5) is 33.3 Å². The van der Waals surface area contributed by atoms with Crippen molar-refractivity contribution in [3.05, 3.63) is 87.7 Å². The minimum Gasteiger partial charge on any atom is -0.353 e. The van der Waals surface area contributed by atoms with Crippen molar-refractivity contribution in [3.8, 4) is 11.5 Å². The zero-order chi connectivity index (χ0) is 32.7. The molecule has 238 valence electrons. The van der Waals surface area contributed by atoms with Crippen LogP contribution in [-0.2, 0) is 20.0 Å². The molecule has 5 rings (SSSR count). The van der Waals surface area contributed by atoms with Gasteiger partial charge in [0, 0.05) is 33.0 Å². The number of rotatable bonds is 10. The summed E-state index contributed by atoms with van der Waals surface area (Å²) in [6.07, 6.45) is -3.65. The average Bonchev–Trinajstić information content (AvgIpc) is 3.58. The van der Waals surface area contributed by atoms with E-state index in [0.717, 1.165) is 11.0 Å². The number of amides is 1. The molecule has 0 aliphatic heterocycles. The molecule has 3 aromatic carbocycles. The van der Waals surface area contributed by atoms with E-state index in [0.29, 0.717) is 24.5 Å². The maximum absolute atomic E-state index is 14.3. The van der Waals surface area contributed by atoms with Crippen LogP contribution in [0.1, 0.15) is 31.2 Å². The number of carbonyl (C=O) groups is 1. The number of sulfone groups is 1. The molecule has 0 radical (unpaired) electrons. The smallest absolute Gasteiger partial charge is 0.353 e. The zero-order valence-electron chi connectivity index (χ0n) is 23.3. The number of halogens is 7. The Hall–Kier alpha value is -3.75. The Labute approximate surface area is 264 Å². The number of hydrogen-bond donors (Lipinski definition) is 1. The monoisotopic (exact) mass is 688 g/mol. The maximum Gasteiger partial charge on any atom is 0.405 e. The normalized spacial score (nSPS) is 14.3. The highest BCUT2D eigenvalue weighted by molar-refractivity contribution is 7.91. The number of carbonyl (C=O) groups excluding carboxylic acids is 1. The second-order valence-electron chi connectivity index (χ2n) is 10.4. The number of benzene rings is 3. The number of hydrogen-bond acceptors (Lipinski definition) is 7. The molecule has 0 saturated heterocycles. The summed E-state index contributed by atoms with van der Waals surface area (Å²) in [7, 11) is -3.58. The summed E-state index contributed by atoms with van der Waals surface area (Å²) in [5, 5.41) is 6.68. The van der Waals surface area contributed by atoms with E-state index in [2.05, 4.69) is 15.5 Å². The molecule has 0 unspecified atom stereocenters. The van der Waals surface area contributed by atoms with E-state index in [1.54, 1.807) is 0 Å². The molecule has 16 heteroatoms. The van der Waals surface area contributed by atoms with Gasteiger partial charge in [0.05, 0.1) is 28.2 Å². The molecule has 1 saturated carbocycles. The molecule has 0 spiro atoms. The van der Waals surface area contributed by atoms with Gasteiger partial charge in [0.1, 0.15) is 18.2 Å². The van der Waals surface area contributed by atoms with Crippen LogP contribution in [0, 0.1) is 11.6 Å². The van der Waals surface area contributed by atoms with Crippen LogP contribution in [0.15, 0.2) is 64.0 Å². The van der Waals surface area contributed by atoms with E-state index >= 15 is 0 Å². The average molecular weight is 689 g/mol. The molecule has 1 N–H and O–H groups in total. The predicted octanol–water partition coefficient (Wildman–Crippen LogP) is 7.20. The zero-order valence-corrected chi connectivity index (χ0v) is 25.6. The van der Waals surface area contributed by atoms with Crippen molar-refractivity contribution < 1.29 is 39.7 Å². The van der Waals surface area contributed by atoms with Gasteiger partial charge >= 0.3 is 6.18 Å². The molecule has 0 atom stereocenters. The van der Waals surface area contributed by atoms with Crippen molar-refractivity contribution in [2.75, 3.05) is 29.1 Å². The highest BCUT2D eigenvalue weighted by Crippen LogP contribution is 2.57. The van der Waals surface area contributed by atoms with E-state index in [9.17, 15) is 35.2 Å². The first kappa shape index (κ1) is 32.6. The third-order valence-electron chi connectivity index (χ3n) is 7.22. The largest absolute Gasteiger partial charge is 0.405 e. The Morgan fingerprint density at radius 2 is 1.69 bits per heavy atom. The van der Waals surface area contributed by atoms with Crippen LogP contribution >= 0.6 is 23.2 Å². The van der Waals surface area contributed by atoms with Gasteiger partial charge in [-0.15, -0.1) is 0 Å². The fourth-order valence-electron chi connectivity index (χ4n) is 4.86. The summed E-state index contributed by atoms with van der Waals surface area (Å²) in [5.74, 6) is -2.67. The lowest BCUT2D eigenvalue weighted by molar-refractivity contribution is -0.122. The van der Waals surface area contributed by atoms with Gasteiger partial charge in [-0.25, -0.2) is 17.2 Å². The van der Waals surface area contributed by atoms with Crippen LogP contribution in [0.3, 0.4) is 0 Å². The van der Waals surface area contributed by atoms with Gasteiger partial charge in [0.25, 0.3) is 5.89 Å². The van der Waals surface area contributed by atoms with Gasteiger partial charge in [0.15, 0.2) is 15.7 Å². The van der Waals surface area contributed by atoms with E-state index < -0.39 is 52.1 Å². The third kappa shape index (κ3) is 7.07. The summed E-state index contributed by atoms with van der Waals surface area (Å²) >= 11 is 13.2. The number of nitrogens with one attached hydrogen (secondary N) is 1. The Balaban J connectivity index is 1.35. The quantitative estimate of drug-likeness (QED) is 0.176. The molecule has 1 aromatic heterocycles. The standard InChI is InChI=1S/C29H23Cl2F5N4O4S/c1-2-45(42,43)19-6-4-18(5-7-19)40(15-29(34,35)36)14-24(41)37-17-12-21(30)25(22(31)13-17)28(9-10-28)27-38-26(44-39-27)20-8-3-16(32)11-23(20)33/h3-8,11-13H,2,9-10,14-15H2,1H3,(H,37,41). The number of nitrogens with zero attached hydrogens (tertiary/aromatic N) is 3. The Bertz CT molecular complexity index is 1840. The Morgan fingerprint density at radius 1 is 1.04 bits per heavy atom. The topological polar surface area (TPSA) is 105 Å². The molecule has 8 nitrogen and oxygen atoms in total. The molecule has 1 aliphatic carbocycles. The first-order chi connectivity index (χ1) is 21.1. The van der Waals surface area contributed by atoms with Crippen molar-refractivity contribution >= 4 is 50.3 Å². The van der Waals surface area contributed by atoms with Crippen molar-refractivity contribution in [1.82, 2.24) is 10.1 Å². The van der Waals surface area contributed by atoms with Crippen LogP contribution in [0.5, 0.6) is 0 Å². The minimum atomic E-state index is -4.67. The first-order valence-corrected chi connectivity index (χ1v) is 15.8. The molecule has 1 fully saturated rings. The fraction of sp³-hybridized carbons (Fsp3) is 0.276. The lowest BCUT2D eigenvalue weighted by atomic mass is 9.94. The van der Waals surface area contributed by atoms with Gasteiger partial charge in [-0.05, 0) is 61.4 Å². The Kier molecular flexibility index (Phi) is 8.86. The van der Waals surface area contributed by atoms with Crippen molar-refractivity contribution in [1.29, 1.82) is 0 Å². The molecule has 45 heavy (non-hydrogen) atoms. The summed E-state index contributed by atoms with van der Waals surface area (Å²) in [6.45, 7) is -0.762. The molecule has 1 aliphatic rings. The van der Waals surface area contributed by atoms with Gasteiger partial charge in [0.2, 0.25) is 5.91 Å². The summed E-state index contributed by atoms with van der Waals surface area (Å²) in [6, 6.07) is 10.4. The van der Waals surface area contributed by atoms with Crippen LogP contribution in [-0.4, -0.2) is 49.5 Å². The molecular weight excluding hydrogens is 666 g/mol. The molecule has 1 amide bonds. The summed E-state index contributed by atoms with van der Waals surface area (Å²) in [5.41, 5.74) is -0.470. The number of aromatic nitrogens is 2. The summed E-state index contributed by atoms with van der Waals surface area (Å²) in [4.78, 5) is 17.9. The molecule has 0 bridgehead atoms. The van der Waals surface area contributed by atoms with Gasteiger partial charge < -0.3 is 14.7 Å². The second kappa shape index (κ2) is 12.2. The van der Waals surface area contributed by atoms with E-state index in [4.69, 9.17) is 27.7 Å². The van der Waals surface area contributed by atoms with E-state index in [1.807, 2.05) is 0 Å². The van der Waals surface area contributed by atoms with Crippen LogP contribution < -0.4 is 10.2 Å². The van der Waals surface area contributed by atoms with E-state index in [-0.39, 0.29) is 49.3 Å². The highest BCUT2D eigenvalue weighted by atomic mass is 35.5. The van der Waals surface area contributed by atoms with Crippen molar-refractivity contribution in [3.63, 3.8) is 0 Å². The highest BCUT2D eigenvalue weighted by Gasteiger charge is 2.52. The predicted molar refractivity (Wildman–Crippen MR) is 157 cm³/mol. The van der Waals surface area contributed by atoms with Gasteiger partial charge in [-0.1, -0.05) is 35.3 Å². The Morgan fingerprint density at radius 3 is 2.24 bits per heavy atom. The van der Waals surface area contributed by atoms with Crippen LogP contribution in [0.25, 0.3) is 11.5 Å². The van der Waals surface area contributed by atoms with E-state index in [1.165, 1.54) is 49.4 Å². The van der Waals surface area contributed by atoms with Gasteiger partial charge in [-0.2, -0.15) is 18.2 Å². The summed E-state index contributed by atoms with van der Waals surface area (Å²) < 4.78 is 97.1. The lowest BCUT2D eigenvalue weighted by Gasteiger charge is -2.26. The fourth-order valence-corrected chi connectivity index (χ4v) is 6.60. The second-order valence-corrected chi connectivity index (χ2v) is 13.5. The lowest BCUT2D eigenvalue weighted by Crippen LogP contribution is -2.39. The van der Waals surface area contributed by atoms with Crippen molar-refractivity contribution in [2.45, 2.75) is 36.3 Å². The molecule has 1 heterocycles. The van der Waals surface area contributed by atoms with Crippen LogP contribution in [0.2, 0.25) is 10.0 Å². The minimum absolute atomic E-state index is 0.0142. The SMILES string of the molecule is CCS(=O)(=O)c1ccc(N(CC(=O)Nc2cc(Cl)c(C3(c4noc(-c5ccc(F)cc5F)n4)CC3)c(Cl)c2)CC(F)(F)F)cc1. The molecule has 4 aromatic rings. The molecular formula is C29H23Cl2F5N4O4S.